The van der Waals surface area contributed by atoms with Crippen molar-refractivity contribution in [2.75, 3.05) is 0 Å². The predicted octanol–water partition coefficient (Wildman–Crippen LogP) is 5.05. The van der Waals surface area contributed by atoms with Crippen molar-refractivity contribution in [2.24, 2.45) is 5.92 Å². The number of H-pyrrole nitrogens is 1. The van der Waals surface area contributed by atoms with Gasteiger partial charge in [-0.15, -0.1) is 11.3 Å². The van der Waals surface area contributed by atoms with E-state index in [1.807, 2.05) is 12.1 Å². The van der Waals surface area contributed by atoms with Gasteiger partial charge in [0.05, 0.1) is 17.0 Å². The van der Waals surface area contributed by atoms with Crippen LogP contribution in [0.1, 0.15) is 41.8 Å². The number of thiophene rings is 1. The first-order chi connectivity index (χ1) is 12.5. The Morgan fingerprint density at radius 2 is 2.08 bits per heavy atom. The molecule has 0 radical (unpaired) electrons. The summed E-state index contributed by atoms with van der Waals surface area (Å²) in [5.74, 6) is 1.25. The molecule has 0 aliphatic heterocycles. The van der Waals surface area contributed by atoms with Crippen LogP contribution in [0.2, 0.25) is 0 Å². The third kappa shape index (κ3) is 4.00. The zero-order valence-corrected chi connectivity index (χ0v) is 16.8. The fraction of sp³-hybridized carbons (Fsp3) is 0.350. The average molecular weight is 384 g/mol. The molecule has 0 aliphatic carbocycles. The van der Waals surface area contributed by atoms with E-state index < -0.39 is 0 Å². The highest BCUT2D eigenvalue weighted by atomic mass is 32.2. The molecule has 0 saturated heterocycles. The minimum absolute atomic E-state index is 0.0417. The van der Waals surface area contributed by atoms with E-state index in [0.29, 0.717) is 22.4 Å². The van der Waals surface area contributed by atoms with Gasteiger partial charge in [-0.2, -0.15) is 5.26 Å². The number of nitrogens with zero attached hydrogens (tertiary/aromatic N) is 2. The summed E-state index contributed by atoms with van der Waals surface area (Å²) in [6, 6.07) is 9.59. The topological polar surface area (TPSA) is 69.5 Å². The number of fused-ring (bicyclic) bond motifs is 1. The number of aryl methyl sites for hydroxylation is 1. The van der Waals surface area contributed by atoms with E-state index in [2.05, 4.69) is 36.8 Å². The summed E-state index contributed by atoms with van der Waals surface area (Å²) in [5, 5.41) is 10.3. The summed E-state index contributed by atoms with van der Waals surface area (Å²) in [6.07, 6.45) is 2.02. The molecule has 26 heavy (non-hydrogen) atoms. The lowest BCUT2D eigenvalue weighted by atomic mass is 9.98. The molecule has 3 aromatic rings. The molecule has 1 N–H and O–H groups in total. The van der Waals surface area contributed by atoms with Gasteiger partial charge in [-0.1, -0.05) is 44.2 Å². The molecule has 134 valence electrons. The molecular formula is C20H21N3OS2. The Morgan fingerprint density at radius 3 is 2.73 bits per heavy atom. The number of nitrogens with one attached hydrogen (secondary N) is 1. The monoisotopic (exact) mass is 383 g/mol. The molecule has 0 saturated carbocycles. The Hall–Kier alpha value is -2.10. The molecule has 0 spiro atoms. The van der Waals surface area contributed by atoms with E-state index in [-0.39, 0.29) is 5.56 Å². The van der Waals surface area contributed by atoms with Gasteiger partial charge in [0, 0.05) is 10.6 Å². The molecule has 0 unspecified atom stereocenters. The lowest BCUT2D eigenvalue weighted by Gasteiger charge is -2.08. The molecule has 0 aliphatic rings. The molecule has 0 fully saturated rings. The summed E-state index contributed by atoms with van der Waals surface area (Å²) >= 11 is 3.11. The first-order valence-corrected chi connectivity index (χ1v) is 10.5. The Bertz CT molecular complexity index is 1010. The number of rotatable bonds is 6. The van der Waals surface area contributed by atoms with Crippen LogP contribution in [0.5, 0.6) is 0 Å². The van der Waals surface area contributed by atoms with Crippen LogP contribution in [0.15, 0.2) is 34.2 Å². The molecule has 1 atom stereocenters. The molecule has 2 heterocycles. The molecule has 3 rings (SSSR count). The van der Waals surface area contributed by atoms with Gasteiger partial charge in [-0.25, -0.2) is 4.98 Å². The molecule has 6 heteroatoms. The number of aromatic nitrogens is 2. The smallest absolute Gasteiger partial charge is 0.260 e. The lowest BCUT2D eigenvalue weighted by Crippen LogP contribution is -2.11. The van der Waals surface area contributed by atoms with Crippen LogP contribution in [-0.2, 0) is 12.2 Å². The van der Waals surface area contributed by atoms with Crippen molar-refractivity contribution in [1.82, 2.24) is 9.97 Å². The first-order valence-electron chi connectivity index (χ1n) is 8.66. The van der Waals surface area contributed by atoms with Crippen LogP contribution in [-0.4, -0.2) is 9.97 Å². The van der Waals surface area contributed by atoms with E-state index in [4.69, 9.17) is 5.26 Å². The van der Waals surface area contributed by atoms with E-state index in [0.717, 1.165) is 34.2 Å². The van der Waals surface area contributed by atoms with E-state index in [1.165, 1.54) is 16.6 Å². The SMILES string of the molecule is CC[C@H](C)Cc1c(C)sc2nc(SCc3ccc(C#N)cc3)[nH]c(=O)c12. The summed E-state index contributed by atoms with van der Waals surface area (Å²) < 4.78 is 0. The van der Waals surface area contributed by atoms with E-state index >= 15 is 0 Å². The van der Waals surface area contributed by atoms with Gasteiger partial charge in [0.1, 0.15) is 4.83 Å². The largest absolute Gasteiger partial charge is 0.301 e. The highest BCUT2D eigenvalue weighted by Gasteiger charge is 2.16. The Balaban J connectivity index is 1.84. The zero-order chi connectivity index (χ0) is 18.7. The maximum atomic E-state index is 12.7. The number of hydrogen-bond acceptors (Lipinski definition) is 5. The summed E-state index contributed by atoms with van der Waals surface area (Å²) in [6.45, 7) is 6.47. The molecule has 0 bridgehead atoms. The van der Waals surface area contributed by atoms with Crippen LogP contribution in [0.4, 0.5) is 0 Å². The number of aromatic amines is 1. The van der Waals surface area contributed by atoms with E-state index in [1.54, 1.807) is 23.5 Å². The highest BCUT2D eigenvalue weighted by Crippen LogP contribution is 2.31. The van der Waals surface area contributed by atoms with Crippen LogP contribution >= 0.6 is 23.1 Å². The van der Waals surface area contributed by atoms with Crippen LogP contribution in [0.25, 0.3) is 10.2 Å². The van der Waals surface area contributed by atoms with Crippen LogP contribution < -0.4 is 5.56 Å². The summed E-state index contributed by atoms with van der Waals surface area (Å²) in [4.78, 5) is 22.3. The molecular weight excluding hydrogens is 362 g/mol. The van der Waals surface area contributed by atoms with Crippen molar-refractivity contribution in [3.63, 3.8) is 0 Å². The normalized spacial score (nSPS) is 12.2. The van der Waals surface area contributed by atoms with Gasteiger partial charge < -0.3 is 4.98 Å². The summed E-state index contributed by atoms with van der Waals surface area (Å²) in [5.41, 5.74) is 2.85. The number of benzene rings is 1. The van der Waals surface area contributed by atoms with Gasteiger partial charge in [-0.05, 0) is 42.5 Å². The number of hydrogen-bond donors (Lipinski definition) is 1. The number of nitriles is 1. The average Bonchev–Trinajstić information content (AvgIpc) is 2.96. The maximum absolute atomic E-state index is 12.7. The minimum Gasteiger partial charge on any atom is -0.301 e. The third-order valence-electron chi connectivity index (χ3n) is 4.55. The Kier molecular flexibility index (Phi) is 5.80. The number of thioether (sulfide) groups is 1. The fourth-order valence-corrected chi connectivity index (χ4v) is 4.72. The highest BCUT2D eigenvalue weighted by molar-refractivity contribution is 7.98. The minimum atomic E-state index is -0.0417. The molecule has 2 aromatic heterocycles. The maximum Gasteiger partial charge on any atom is 0.260 e. The molecule has 4 nitrogen and oxygen atoms in total. The van der Waals surface area contributed by atoms with Gasteiger partial charge in [0.2, 0.25) is 0 Å². The second-order valence-electron chi connectivity index (χ2n) is 6.50. The van der Waals surface area contributed by atoms with Gasteiger partial charge in [0.25, 0.3) is 5.56 Å². The van der Waals surface area contributed by atoms with Gasteiger partial charge in [0.15, 0.2) is 5.16 Å². The Morgan fingerprint density at radius 1 is 1.35 bits per heavy atom. The second kappa shape index (κ2) is 8.07. The van der Waals surface area contributed by atoms with Gasteiger partial charge >= 0.3 is 0 Å². The van der Waals surface area contributed by atoms with Gasteiger partial charge in [-0.3, -0.25) is 4.79 Å². The van der Waals surface area contributed by atoms with Crippen LogP contribution in [0.3, 0.4) is 0 Å². The fourth-order valence-electron chi connectivity index (χ4n) is 2.79. The standard InChI is InChI=1S/C20H21N3OS2/c1-4-12(2)9-16-13(3)26-19-17(16)18(24)22-20(23-19)25-11-15-7-5-14(10-21)6-8-15/h5-8,12H,4,9,11H2,1-3H3,(H,22,23,24)/t12-/m0/s1. The first kappa shape index (κ1) is 18.7. The van der Waals surface area contributed by atoms with Crippen molar-refractivity contribution in [3.8, 4) is 6.07 Å². The van der Waals surface area contributed by atoms with Crippen molar-refractivity contribution >= 4 is 33.3 Å². The quantitative estimate of drug-likeness (QED) is 0.478. The predicted molar refractivity (Wildman–Crippen MR) is 109 cm³/mol. The second-order valence-corrected chi connectivity index (χ2v) is 8.67. The van der Waals surface area contributed by atoms with E-state index in [9.17, 15) is 4.79 Å². The van der Waals surface area contributed by atoms with Crippen molar-refractivity contribution < 1.29 is 0 Å². The zero-order valence-electron chi connectivity index (χ0n) is 15.1. The molecule has 0 amide bonds. The van der Waals surface area contributed by atoms with Crippen molar-refractivity contribution in [1.29, 1.82) is 5.26 Å². The van der Waals surface area contributed by atoms with Crippen LogP contribution in [0, 0.1) is 24.2 Å². The third-order valence-corrected chi connectivity index (χ3v) is 6.53. The Labute approximate surface area is 161 Å². The lowest BCUT2D eigenvalue weighted by molar-refractivity contribution is 0.561. The molecule has 1 aromatic carbocycles. The van der Waals surface area contributed by atoms with Crippen molar-refractivity contribution in [3.05, 3.63) is 56.2 Å². The van der Waals surface area contributed by atoms with Crippen molar-refractivity contribution in [2.45, 2.75) is 44.5 Å². The summed E-state index contributed by atoms with van der Waals surface area (Å²) in [7, 11) is 0.